The van der Waals surface area contributed by atoms with Gasteiger partial charge in [0, 0.05) is 20.3 Å². The third-order valence-electron chi connectivity index (χ3n) is 1.54. The molecule has 0 aromatic rings. The molecule has 0 aliphatic rings. The van der Waals surface area contributed by atoms with Crippen molar-refractivity contribution >= 4 is 29.2 Å². The van der Waals surface area contributed by atoms with Gasteiger partial charge >= 0.3 is 29.6 Å². The van der Waals surface area contributed by atoms with E-state index in [1.165, 1.54) is 12.8 Å². The summed E-state index contributed by atoms with van der Waals surface area (Å²) in [6, 6.07) is 0. The number of hydrogen-bond acceptors (Lipinski definition) is 3. The van der Waals surface area contributed by atoms with Crippen LogP contribution in [-0.2, 0) is 17.4 Å². The minimum absolute atomic E-state index is 0. The molecule has 72 valence electrons. The van der Waals surface area contributed by atoms with E-state index in [-0.39, 0.29) is 29.6 Å². The van der Waals surface area contributed by atoms with E-state index in [9.17, 15) is 0 Å². The van der Waals surface area contributed by atoms with Gasteiger partial charge in [0.15, 0.2) is 0 Å². The average molecular weight is 229 g/mol. The van der Waals surface area contributed by atoms with Gasteiger partial charge in [0.05, 0.1) is 0 Å². The maximum absolute atomic E-state index is 4.93. The predicted molar refractivity (Wildman–Crippen MR) is 58.3 cm³/mol. The molecular weight excluding hydrogens is 213 g/mol. The van der Waals surface area contributed by atoms with E-state index in [2.05, 4.69) is 5.32 Å². The van der Waals surface area contributed by atoms with Gasteiger partial charge in [-0.25, -0.2) is 0 Å². The monoisotopic (exact) mass is 229 g/mol. The van der Waals surface area contributed by atoms with Gasteiger partial charge in [-0.05, 0) is 12.8 Å². The average Bonchev–Trinajstić information content (AvgIpc) is 2.02. The smallest absolute Gasteiger partial charge is 0.412 e. The molecule has 0 aliphatic heterocycles. The summed E-state index contributed by atoms with van der Waals surface area (Å²) >= 11 is 9.40. The molecule has 0 unspecified atom stereocenters. The summed E-state index contributed by atoms with van der Waals surface area (Å²) in [5.74, 6) is 0. The largest absolute Gasteiger partial charge is 1.00 e. The van der Waals surface area contributed by atoms with Crippen LogP contribution < -0.4 is 34.9 Å². The molecule has 1 N–H and O–H groups in total. The Hall–Kier alpha value is 1.07. The second-order valence-corrected chi connectivity index (χ2v) is 3.70. The van der Waals surface area contributed by atoms with Crippen LogP contribution in [0.1, 0.15) is 25.7 Å². The maximum atomic E-state index is 4.93. The van der Waals surface area contributed by atoms with E-state index in [4.69, 9.17) is 29.6 Å². The maximum Gasteiger partial charge on any atom is 1.00 e. The zero-order valence-electron chi connectivity index (χ0n) is 8.47. The first kappa shape index (κ1) is 16.5. The topological polar surface area (TPSA) is 21.3 Å². The predicted octanol–water partition coefficient (Wildman–Crippen LogP) is -1.38. The molecule has 0 saturated heterocycles. The molecule has 2 nitrogen and oxygen atoms in total. The minimum atomic E-state index is 0. The van der Waals surface area contributed by atoms with Gasteiger partial charge < -0.3 is 34.9 Å². The van der Waals surface area contributed by atoms with Crippen LogP contribution in [0.25, 0.3) is 0 Å². The Labute approximate surface area is 114 Å². The molecule has 0 aromatic carbocycles. The summed E-state index contributed by atoms with van der Waals surface area (Å²) in [5.41, 5.74) is 0. The van der Waals surface area contributed by atoms with Gasteiger partial charge in [-0.1, -0.05) is 17.2 Å². The number of thiocarbonyl (C=S) groups is 1. The van der Waals surface area contributed by atoms with Crippen LogP contribution in [0.5, 0.6) is 0 Å². The van der Waals surface area contributed by atoms with Gasteiger partial charge in [0.25, 0.3) is 0 Å². The molecule has 0 aliphatic carbocycles. The van der Waals surface area contributed by atoms with E-state index >= 15 is 0 Å². The Morgan fingerprint density at radius 1 is 1.31 bits per heavy atom. The fraction of sp³-hybridized carbons (Fsp3) is 0.875. The van der Waals surface area contributed by atoms with Crippen molar-refractivity contribution in [3.05, 3.63) is 0 Å². The first-order valence-corrected chi connectivity index (χ1v) is 5.03. The summed E-state index contributed by atoms with van der Waals surface area (Å²) in [6.07, 6.45) is 4.73. The van der Waals surface area contributed by atoms with Crippen LogP contribution >= 0.6 is 12.2 Å². The number of hydrogen-bond donors (Lipinski definition) is 1. The van der Waals surface area contributed by atoms with Gasteiger partial charge in [-0.2, -0.15) is 0 Å². The fourth-order valence-electron chi connectivity index (χ4n) is 0.915. The molecular formula is C8H16NNaOS2. The zero-order valence-corrected chi connectivity index (χ0v) is 12.1. The summed E-state index contributed by atoms with van der Waals surface area (Å²) in [7, 11) is 1.73. The summed E-state index contributed by atoms with van der Waals surface area (Å²) in [5, 5.41) is 2.95. The van der Waals surface area contributed by atoms with Crippen LogP contribution in [-0.4, -0.2) is 24.6 Å². The Morgan fingerprint density at radius 3 is 2.46 bits per heavy atom. The Morgan fingerprint density at radius 2 is 1.92 bits per heavy atom. The Kier molecular flexibility index (Phi) is 16.6. The van der Waals surface area contributed by atoms with Crippen molar-refractivity contribution in [3.63, 3.8) is 0 Å². The zero-order chi connectivity index (χ0) is 9.23. The summed E-state index contributed by atoms with van der Waals surface area (Å²) < 4.78 is 5.41. The van der Waals surface area contributed by atoms with Crippen LogP contribution in [0.3, 0.4) is 0 Å². The number of rotatable bonds is 7. The SMILES string of the molecule is COCCCCCCNC(=S)[S-].[Na+]. The van der Waals surface area contributed by atoms with E-state index in [1.807, 2.05) is 0 Å². The molecule has 0 spiro atoms. The normalized spacial score (nSPS) is 9.00. The Bertz CT molecular complexity index is 125. The summed E-state index contributed by atoms with van der Waals surface area (Å²) in [4.78, 5) is 0. The summed E-state index contributed by atoms with van der Waals surface area (Å²) in [6.45, 7) is 1.78. The van der Waals surface area contributed by atoms with Crippen molar-refractivity contribution in [3.8, 4) is 0 Å². The van der Waals surface area contributed by atoms with Crippen molar-refractivity contribution in [2.45, 2.75) is 25.7 Å². The minimum Gasteiger partial charge on any atom is -0.412 e. The second-order valence-electron chi connectivity index (χ2n) is 2.62. The van der Waals surface area contributed by atoms with Crippen LogP contribution in [0.15, 0.2) is 0 Å². The van der Waals surface area contributed by atoms with Crippen molar-refractivity contribution in [1.82, 2.24) is 5.32 Å². The molecule has 0 saturated carbocycles. The quantitative estimate of drug-likeness (QED) is 0.251. The van der Waals surface area contributed by atoms with Crippen molar-refractivity contribution in [2.75, 3.05) is 20.3 Å². The molecule has 13 heavy (non-hydrogen) atoms. The number of methoxy groups -OCH3 is 1. The van der Waals surface area contributed by atoms with Crippen molar-refractivity contribution < 1.29 is 34.3 Å². The standard InChI is InChI=1S/C8H17NOS2.Na/c1-10-7-5-3-2-4-6-9-8(11)12;/h2-7H2,1H3,(H2,9,11,12);/q;+1/p-1. The third kappa shape index (κ3) is 15.8. The fourth-order valence-corrected chi connectivity index (χ4v) is 1.12. The van der Waals surface area contributed by atoms with Crippen molar-refractivity contribution in [1.29, 1.82) is 0 Å². The molecule has 0 amide bonds. The van der Waals surface area contributed by atoms with Crippen LogP contribution in [0.4, 0.5) is 0 Å². The van der Waals surface area contributed by atoms with Gasteiger partial charge in [-0.3, -0.25) is 0 Å². The van der Waals surface area contributed by atoms with Crippen molar-refractivity contribution in [2.24, 2.45) is 0 Å². The Balaban J connectivity index is 0. The van der Waals surface area contributed by atoms with E-state index in [0.717, 1.165) is 26.0 Å². The van der Waals surface area contributed by atoms with E-state index in [0.29, 0.717) is 4.32 Å². The molecule has 0 aromatic heterocycles. The molecule has 0 radical (unpaired) electrons. The van der Waals surface area contributed by atoms with E-state index < -0.39 is 0 Å². The molecule has 0 atom stereocenters. The third-order valence-corrected chi connectivity index (χ3v) is 1.83. The number of nitrogens with one attached hydrogen (secondary N) is 1. The van der Waals surface area contributed by atoms with Gasteiger partial charge in [0.2, 0.25) is 0 Å². The van der Waals surface area contributed by atoms with Gasteiger partial charge in [-0.15, -0.1) is 0 Å². The second kappa shape index (κ2) is 13.1. The van der Waals surface area contributed by atoms with E-state index in [1.54, 1.807) is 7.11 Å². The number of unbranched alkanes of at least 4 members (excludes halogenated alkanes) is 3. The first-order valence-electron chi connectivity index (χ1n) is 4.21. The first-order chi connectivity index (χ1) is 5.77. The molecule has 0 heterocycles. The molecule has 0 rings (SSSR count). The van der Waals surface area contributed by atoms with Gasteiger partial charge in [0.1, 0.15) is 0 Å². The van der Waals surface area contributed by atoms with Crippen LogP contribution in [0.2, 0.25) is 0 Å². The number of ether oxygens (including phenoxy) is 1. The molecule has 0 bridgehead atoms. The molecule has 5 heteroatoms. The molecule has 0 fully saturated rings. The van der Waals surface area contributed by atoms with Crippen LogP contribution in [0, 0.1) is 0 Å².